The van der Waals surface area contributed by atoms with Crippen LogP contribution >= 0.6 is 11.6 Å². The van der Waals surface area contributed by atoms with Crippen LogP contribution < -0.4 is 4.74 Å². The Hall–Kier alpha value is -1.20. The Labute approximate surface area is 114 Å². The van der Waals surface area contributed by atoms with Crippen molar-refractivity contribution in [2.24, 2.45) is 5.92 Å². The molecule has 0 N–H and O–H groups in total. The summed E-state index contributed by atoms with van der Waals surface area (Å²) in [6.07, 6.45) is 6.10. The molecule has 0 atom stereocenters. The quantitative estimate of drug-likeness (QED) is 0.801. The summed E-state index contributed by atoms with van der Waals surface area (Å²) >= 11 is 5.99. The van der Waals surface area contributed by atoms with Crippen molar-refractivity contribution < 1.29 is 4.74 Å². The Kier molecular flexibility index (Phi) is 4.49. The van der Waals surface area contributed by atoms with Gasteiger partial charge in [0.15, 0.2) is 0 Å². The van der Waals surface area contributed by atoms with Gasteiger partial charge in [0, 0.05) is 0 Å². The van der Waals surface area contributed by atoms with Crippen molar-refractivity contribution in [2.45, 2.75) is 45.1 Å². The van der Waals surface area contributed by atoms with E-state index in [-0.39, 0.29) is 6.10 Å². The average Bonchev–Trinajstić information content (AvgIpc) is 2.40. The molecule has 2 rings (SSSR count). The number of benzene rings is 1. The number of nitriles is 1. The highest BCUT2D eigenvalue weighted by Gasteiger charge is 2.22. The van der Waals surface area contributed by atoms with E-state index in [4.69, 9.17) is 21.6 Å². The minimum Gasteiger partial charge on any atom is -0.489 e. The van der Waals surface area contributed by atoms with E-state index < -0.39 is 0 Å². The van der Waals surface area contributed by atoms with Crippen molar-refractivity contribution in [2.75, 3.05) is 0 Å². The second kappa shape index (κ2) is 6.11. The summed E-state index contributed by atoms with van der Waals surface area (Å²) in [5.41, 5.74) is 0.455. The highest BCUT2D eigenvalue weighted by Crippen LogP contribution is 2.32. The predicted molar refractivity (Wildman–Crippen MR) is 72.8 cm³/mol. The Morgan fingerprint density at radius 1 is 1.33 bits per heavy atom. The molecule has 2 nitrogen and oxygen atoms in total. The van der Waals surface area contributed by atoms with E-state index in [9.17, 15) is 0 Å². The van der Waals surface area contributed by atoms with E-state index >= 15 is 0 Å². The standard InChI is InChI=1S/C15H18ClNO/c1-2-11-6-8-12(9-7-11)18-15-5-3-4-14(16)13(15)10-17/h3-5,11-12H,2,6-9H2,1H3. The molecular formula is C15H18ClNO. The molecule has 0 aromatic heterocycles. The Balaban J connectivity index is 2.03. The zero-order chi connectivity index (χ0) is 13.0. The maximum absolute atomic E-state index is 9.09. The smallest absolute Gasteiger partial charge is 0.139 e. The number of nitrogens with zero attached hydrogens (tertiary/aromatic N) is 1. The Bertz CT molecular complexity index is 444. The molecule has 0 unspecified atom stereocenters. The van der Waals surface area contributed by atoms with Gasteiger partial charge < -0.3 is 4.74 Å². The lowest BCUT2D eigenvalue weighted by Gasteiger charge is -2.28. The van der Waals surface area contributed by atoms with E-state index in [1.165, 1.54) is 19.3 Å². The van der Waals surface area contributed by atoms with Gasteiger partial charge in [-0.25, -0.2) is 0 Å². The molecule has 1 aromatic rings. The maximum atomic E-state index is 9.09. The fourth-order valence-electron chi connectivity index (χ4n) is 2.55. The van der Waals surface area contributed by atoms with Crippen molar-refractivity contribution in [3.63, 3.8) is 0 Å². The van der Waals surface area contributed by atoms with Crippen LogP contribution in [0, 0.1) is 17.2 Å². The van der Waals surface area contributed by atoms with Gasteiger partial charge in [0.25, 0.3) is 0 Å². The van der Waals surface area contributed by atoms with Gasteiger partial charge >= 0.3 is 0 Å². The summed E-state index contributed by atoms with van der Waals surface area (Å²) in [6.45, 7) is 2.25. The summed E-state index contributed by atoms with van der Waals surface area (Å²) in [5.74, 6) is 1.48. The van der Waals surface area contributed by atoms with Crippen LogP contribution in [0.2, 0.25) is 5.02 Å². The fraction of sp³-hybridized carbons (Fsp3) is 0.533. The number of ether oxygens (including phenoxy) is 1. The van der Waals surface area contributed by atoms with Gasteiger partial charge in [-0.2, -0.15) is 5.26 Å². The van der Waals surface area contributed by atoms with Crippen LogP contribution in [0.1, 0.15) is 44.6 Å². The second-order valence-electron chi connectivity index (χ2n) is 4.89. The van der Waals surface area contributed by atoms with Crippen LogP contribution in [0.4, 0.5) is 0 Å². The Morgan fingerprint density at radius 3 is 2.67 bits per heavy atom. The first-order valence-electron chi connectivity index (χ1n) is 6.59. The molecule has 96 valence electrons. The highest BCUT2D eigenvalue weighted by atomic mass is 35.5. The van der Waals surface area contributed by atoms with Crippen LogP contribution in [0.15, 0.2) is 18.2 Å². The summed E-state index contributed by atoms with van der Waals surface area (Å²) in [5, 5.41) is 9.56. The predicted octanol–water partition coefficient (Wildman–Crippen LogP) is 4.56. The second-order valence-corrected chi connectivity index (χ2v) is 5.30. The van der Waals surface area contributed by atoms with Crippen LogP contribution in [-0.2, 0) is 0 Å². The van der Waals surface area contributed by atoms with Crippen LogP contribution in [0.3, 0.4) is 0 Å². The molecule has 1 aliphatic carbocycles. The summed E-state index contributed by atoms with van der Waals surface area (Å²) in [6, 6.07) is 7.50. The molecule has 0 amide bonds. The molecule has 3 heteroatoms. The summed E-state index contributed by atoms with van der Waals surface area (Å²) in [4.78, 5) is 0. The van der Waals surface area contributed by atoms with E-state index in [1.54, 1.807) is 6.07 Å². The third kappa shape index (κ3) is 2.97. The molecule has 0 heterocycles. The van der Waals surface area contributed by atoms with Crippen molar-refractivity contribution in [1.82, 2.24) is 0 Å². The van der Waals surface area contributed by atoms with Gasteiger partial charge in [-0.05, 0) is 43.7 Å². The molecular weight excluding hydrogens is 246 g/mol. The molecule has 1 fully saturated rings. The van der Waals surface area contributed by atoms with Crippen LogP contribution in [0.5, 0.6) is 5.75 Å². The lowest BCUT2D eigenvalue weighted by molar-refractivity contribution is 0.129. The third-order valence-electron chi connectivity index (χ3n) is 3.75. The van der Waals surface area contributed by atoms with Crippen molar-refractivity contribution in [3.05, 3.63) is 28.8 Å². The molecule has 0 radical (unpaired) electrons. The van der Waals surface area contributed by atoms with Gasteiger partial charge in [-0.3, -0.25) is 0 Å². The number of halogens is 1. The van der Waals surface area contributed by atoms with Crippen molar-refractivity contribution in [3.8, 4) is 11.8 Å². The first kappa shape index (κ1) is 13.2. The van der Waals surface area contributed by atoms with Gasteiger partial charge in [0.2, 0.25) is 0 Å². The fourth-order valence-corrected chi connectivity index (χ4v) is 2.76. The summed E-state index contributed by atoms with van der Waals surface area (Å²) in [7, 11) is 0. The molecule has 0 aliphatic heterocycles. The number of rotatable bonds is 3. The Morgan fingerprint density at radius 2 is 2.06 bits per heavy atom. The first-order valence-corrected chi connectivity index (χ1v) is 6.97. The molecule has 1 aliphatic rings. The molecule has 0 spiro atoms. The molecule has 1 aromatic carbocycles. The third-order valence-corrected chi connectivity index (χ3v) is 4.07. The van der Waals surface area contributed by atoms with Gasteiger partial charge in [-0.1, -0.05) is 31.0 Å². The van der Waals surface area contributed by atoms with Crippen LogP contribution in [-0.4, -0.2) is 6.10 Å². The SMILES string of the molecule is CCC1CCC(Oc2cccc(Cl)c2C#N)CC1. The minimum absolute atomic E-state index is 0.235. The highest BCUT2D eigenvalue weighted by molar-refractivity contribution is 6.31. The number of hydrogen-bond donors (Lipinski definition) is 0. The van der Waals surface area contributed by atoms with Crippen molar-refractivity contribution >= 4 is 11.6 Å². The molecule has 18 heavy (non-hydrogen) atoms. The van der Waals surface area contributed by atoms with Crippen LogP contribution in [0.25, 0.3) is 0 Å². The topological polar surface area (TPSA) is 33.0 Å². The zero-order valence-electron chi connectivity index (χ0n) is 10.7. The van der Waals surface area contributed by atoms with Gasteiger partial charge in [0.1, 0.15) is 17.4 Å². The minimum atomic E-state index is 0.235. The maximum Gasteiger partial charge on any atom is 0.139 e. The van der Waals surface area contributed by atoms with Gasteiger partial charge in [-0.15, -0.1) is 0 Å². The average molecular weight is 264 g/mol. The summed E-state index contributed by atoms with van der Waals surface area (Å²) < 4.78 is 5.94. The monoisotopic (exact) mass is 263 g/mol. The molecule has 1 saturated carbocycles. The molecule has 0 bridgehead atoms. The van der Waals surface area contributed by atoms with E-state index in [2.05, 4.69) is 13.0 Å². The zero-order valence-corrected chi connectivity index (χ0v) is 11.4. The lowest BCUT2D eigenvalue weighted by Crippen LogP contribution is -2.24. The number of hydrogen-bond acceptors (Lipinski definition) is 2. The van der Waals surface area contributed by atoms with E-state index in [0.29, 0.717) is 16.3 Å². The first-order chi connectivity index (χ1) is 8.74. The molecule has 0 saturated heterocycles. The van der Waals surface area contributed by atoms with Gasteiger partial charge in [0.05, 0.1) is 11.1 Å². The van der Waals surface area contributed by atoms with E-state index in [0.717, 1.165) is 18.8 Å². The van der Waals surface area contributed by atoms with E-state index in [1.807, 2.05) is 12.1 Å². The largest absolute Gasteiger partial charge is 0.489 e. The normalized spacial score (nSPS) is 23.4. The lowest BCUT2D eigenvalue weighted by atomic mass is 9.86. The van der Waals surface area contributed by atoms with Crippen molar-refractivity contribution in [1.29, 1.82) is 5.26 Å².